The minimum Gasteiger partial charge on any atom is -0.492 e. The third-order valence-corrected chi connectivity index (χ3v) is 5.64. The molecule has 0 radical (unpaired) electrons. The number of aromatic amines is 1. The van der Waals surface area contributed by atoms with Crippen molar-refractivity contribution in [3.05, 3.63) is 70.6 Å². The van der Waals surface area contributed by atoms with E-state index in [1.54, 1.807) is 6.20 Å². The van der Waals surface area contributed by atoms with E-state index in [1.807, 2.05) is 24.3 Å². The SMILES string of the molecule is O=c1[nH]c2cc(F)c(F)cc2cc1-c1cn(-c2ccc(OCCN3CCNCC3)cc2)nn1. The molecule has 1 aliphatic heterocycles. The molecule has 0 spiro atoms. The molecule has 1 aliphatic rings. The van der Waals surface area contributed by atoms with Gasteiger partial charge in [0.15, 0.2) is 11.6 Å². The Labute approximate surface area is 187 Å². The minimum absolute atomic E-state index is 0.211. The molecule has 0 amide bonds. The fraction of sp³-hybridized carbons (Fsp3) is 0.261. The van der Waals surface area contributed by atoms with Crippen molar-refractivity contribution in [1.29, 1.82) is 0 Å². The zero-order valence-electron chi connectivity index (χ0n) is 17.7. The van der Waals surface area contributed by atoms with Crippen molar-refractivity contribution < 1.29 is 13.5 Å². The first-order valence-corrected chi connectivity index (χ1v) is 10.7. The first kappa shape index (κ1) is 21.2. The molecule has 0 saturated carbocycles. The van der Waals surface area contributed by atoms with E-state index in [0.29, 0.717) is 17.7 Å². The number of piperazine rings is 1. The number of ether oxygens (including phenoxy) is 1. The van der Waals surface area contributed by atoms with Crippen LogP contribution in [0.25, 0.3) is 27.8 Å². The van der Waals surface area contributed by atoms with E-state index in [0.717, 1.165) is 56.3 Å². The van der Waals surface area contributed by atoms with E-state index in [-0.39, 0.29) is 11.1 Å². The molecule has 2 N–H and O–H groups in total. The third-order valence-electron chi connectivity index (χ3n) is 5.64. The molecule has 170 valence electrons. The normalized spacial score (nSPS) is 14.6. The number of hydrogen-bond acceptors (Lipinski definition) is 6. The first-order valence-electron chi connectivity index (χ1n) is 10.7. The maximum absolute atomic E-state index is 13.6. The highest BCUT2D eigenvalue weighted by Gasteiger charge is 2.13. The van der Waals surface area contributed by atoms with E-state index < -0.39 is 17.2 Å². The number of pyridine rings is 1. The van der Waals surface area contributed by atoms with E-state index in [9.17, 15) is 13.6 Å². The van der Waals surface area contributed by atoms with Crippen LogP contribution in [0, 0.1) is 11.6 Å². The molecule has 1 fully saturated rings. The Kier molecular flexibility index (Phi) is 5.84. The van der Waals surface area contributed by atoms with Gasteiger partial charge in [0.25, 0.3) is 5.56 Å². The van der Waals surface area contributed by atoms with E-state index in [2.05, 4.69) is 25.5 Å². The second-order valence-corrected chi connectivity index (χ2v) is 7.85. The highest BCUT2D eigenvalue weighted by atomic mass is 19.2. The van der Waals surface area contributed by atoms with Crippen LogP contribution in [0.3, 0.4) is 0 Å². The summed E-state index contributed by atoms with van der Waals surface area (Å²) in [4.78, 5) is 17.4. The molecule has 4 aromatic rings. The molecule has 1 saturated heterocycles. The number of nitrogens with one attached hydrogen (secondary N) is 2. The van der Waals surface area contributed by atoms with Crippen molar-refractivity contribution >= 4 is 10.9 Å². The molecule has 0 unspecified atom stereocenters. The van der Waals surface area contributed by atoms with Gasteiger partial charge < -0.3 is 15.0 Å². The molecule has 10 heteroatoms. The fourth-order valence-electron chi connectivity index (χ4n) is 3.83. The van der Waals surface area contributed by atoms with Gasteiger partial charge in [-0.05, 0) is 36.4 Å². The molecule has 33 heavy (non-hydrogen) atoms. The van der Waals surface area contributed by atoms with Crippen LogP contribution in [-0.4, -0.2) is 64.2 Å². The summed E-state index contributed by atoms with van der Waals surface area (Å²) in [5.74, 6) is -1.25. The molecule has 0 bridgehead atoms. The average Bonchev–Trinajstić information content (AvgIpc) is 3.31. The summed E-state index contributed by atoms with van der Waals surface area (Å²) < 4.78 is 34.4. The van der Waals surface area contributed by atoms with Gasteiger partial charge in [-0.2, -0.15) is 0 Å². The third kappa shape index (κ3) is 4.62. The number of fused-ring (bicyclic) bond motifs is 1. The van der Waals surface area contributed by atoms with Crippen LogP contribution in [0.4, 0.5) is 8.78 Å². The second kappa shape index (κ2) is 9.08. The van der Waals surface area contributed by atoms with Crippen LogP contribution in [-0.2, 0) is 0 Å². The quantitative estimate of drug-likeness (QED) is 0.467. The number of nitrogens with zero attached hydrogens (tertiary/aromatic N) is 4. The lowest BCUT2D eigenvalue weighted by Gasteiger charge is -2.26. The van der Waals surface area contributed by atoms with Crippen molar-refractivity contribution in [1.82, 2.24) is 30.2 Å². The topological polar surface area (TPSA) is 88.1 Å². The molecule has 8 nitrogen and oxygen atoms in total. The molecular weight excluding hydrogens is 430 g/mol. The van der Waals surface area contributed by atoms with Crippen molar-refractivity contribution in [2.75, 3.05) is 39.3 Å². The van der Waals surface area contributed by atoms with Gasteiger partial charge in [0.1, 0.15) is 18.1 Å². The monoisotopic (exact) mass is 452 g/mol. The fourth-order valence-corrected chi connectivity index (χ4v) is 3.83. The molecule has 0 aliphatic carbocycles. The highest BCUT2D eigenvalue weighted by molar-refractivity contribution is 5.82. The Morgan fingerprint density at radius 3 is 2.58 bits per heavy atom. The lowest BCUT2D eigenvalue weighted by Crippen LogP contribution is -2.44. The number of benzene rings is 2. The van der Waals surface area contributed by atoms with Crippen molar-refractivity contribution in [3.8, 4) is 22.7 Å². The summed E-state index contributed by atoms with van der Waals surface area (Å²) in [7, 11) is 0. The van der Waals surface area contributed by atoms with Gasteiger partial charge in [-0.15, -0.1) is 5.10 Å². The molecule has 3 heterocycles. The predicted molar refractivity (Wildman–Crippen MR) is 120 cm³/mol. The van der Waals surface area contributed by atoms with Gasteiger partial charge in [0.2, 0.25) is 0 Å². The summed E-state index contributed by atoms with van der Waals surface area (Å²) >= 11 is 0. The smallest absolute Gasteiger partial charge is 0.258 e. The number of halogens is 2. The largest absolute Gasteiger partial charge is 0.492 e. The van der Waals surface area contributed by atoms with Crippen molar-refractivity contribution in [3.63, 3.8) is 0 Å². The Bertz CT molecular complexity index is 1330. The average molecular weight is 452 g/mol. The van der Waals surface area contributed by atoms with Crippen molar-refractivity contribution in [2.45, 2.75) is 0 Å². The van der Waals surface area contributed by atoms with Gasteiger partial charge in [-0.25, -0.2) is 13.5 Å². The summed E-state index contributed by atoms with van der Waals surface area (Å²) in [6, 6.07) is 10.9. The van der Waals surface area contributed by atoms with Gasteiger partial charge in [-0.1, -0.05) is 5.21 Å². The summed E-state index contributed by atoms with van der Waals surface area (Å²) in [6.45, 7) is 5.57. The van der Waals surface area contributed by atoms with Crippen LogP contribution in [0.1, 0.15) is 0 Å². The van der Waals surface area contributed by atoms with Crippen LogP contribution in [0.15, 0.2) is 53.5 Å². The predicted octanol–water partition coefficient (Wildman–Crippen LogP) is 2.34. The Hall–Kier alpha value is -3.63. The standard InChI is InChI=1S/C23H22F2N6O2/c24-19-12-15-11-18(23(32)27-21(15)13-20(19)25)22-14-31(29-28-22)16-1-3-17(4-2-16)33-10-9-30-7-5-26-6-8-30/h1-4,11-14,26H,5-10H2,(H,27,32). The summed E-state index contributed by atoms with van der Waals surface area (Å²) in [5, 5.41) is 11.9. The molecule has 2 aromatic carbocycles. The van der Waals surface area contributed by atoms with Crippen LogP contribution in [0.2, 0.25) is 0 Å². The molecular formula is C23H22F2N6O2. The van der Waals surface area contributed by atoms with Crippen LogP contribution >= 0.6 is 0 Å². The zero-order valence-corrected chi connectivity index (χ0v) is 17.7. The van der Waals surface area contributed by atoms with Crippen LogP contribution < -0.4 is 15.6 Å². The number of rotatable bonds is 6. The Morgan fingerprint density at radius 1 is 1.03 bits per heavy atom. The van der Waals surface area contributed by atoms with Gasteiger partial charge in [0, 0.05) is 44.2 Å². The molecule has 2 aromatic heterocycles. The number of hydrogen-bond donors (Lipinski definition) is 2. The maximum Gasteiger partial charge on any atom is 0.258 e. The highest BCUT2D eigenvalue weighted by Crippen LogP contribution is 2.21. The van der Waals surface area contributed by atoms with E-state index in [4.69, 9.17) is 4.74 Å². The lowest BCUT2D eigenvalue weighted by atomic mass is 10.1. The number of H-pyrrole nitrogens is 1. The van der Waals surface area contributed by atoms with Crippen molar-refractivity contribution in [2.24, 2.45) is 0 Å². The van der Waals surface area contributed by atoms with E-state index in [1.165, 1.54) is 10.7 Å². The Balaban J connectivity index is 1.30. The summed E-state index contributed by atoms with van der Waals surface area (Å²) in [6.07, 6.45) is 1.61. The van der Waals surface area contributed by atoms with Crippen LogP contribution in [0.5, 0.6) is 5.75 Å². The first-order chi connectivity index (χ1) is 16.1. The molecule has 5 rings (SSSR count). The number of aromatic nitrogens is 4. The second-order valence-electron chi connectivity index (χ2n) is 7.85. The lowest BCUT2D eigenvalue weighted by molar-refractivity contribution is 0.191. The minimum atomic E-state index is -1.02. The Morgan fingerprint density at radius 2 is 1.79 bits per heavy atom. The molecule has 0 atom stereocenters. The van der Waals surface area contributed by atoms with E-state index >= 15 is 0 Å². The van der Waals surface area contributed by atoms with Gasteiger partial charge in [0.05, 0.1) is 23.0 Å². The summed E-state index contributed by atoms with van der Waals surface area (Å²) in [5.41, 5.74) is 1.02. The zero-order chi connectivity index (χ0) is 22.8. The van der Waals surface area contributed by atoms with Gasteiger partial charge >= 0.3 is 0 Å². The maximum atomic E-state index is 13.6. The van der Waals surface area contributed by atoms with Gasteiger partial charge in [-0.3, -0.25) is 9.69 Å².